The zero-order valence-electron chi connectivity index (χ0n) is 23.4. The summed E-state index contributed by atoms with van der Waals surface area (Å²) in [6, 6.07) is 44.8. The van der Waals surface area contributed by atoms with Crippen molar-refractivity contribution in [3.8, 4) is 27.9 Å². The van der Waals surface area contributed by atoms with Gasteiger partial charge in [0, 0.05) is 16.3 Å². The molecular formula is C39H23N3O2. The number of hydrogen-bond acceptors (Lipinski definition) is 2. The van der Waals surface area contributed by atoms with Crippen LogP contribution in [-0.2, 0) is 0 Å². The predicted molar refractivity (Wildman–Crippen MR) is 175 cm³/mol. The van der Waals surface area contributed by atoms with Gasteiger partial charge in [0.2, 0.25) is 0 Å². The average molecular weight is 566 g/mol. The summed E-state index contributed by atoms with van der Waals surface area (Å²) >= 11 is 0. The van der Waals surface area contributed by atoms with E-state index in [-0.39, 0.29) is 11.8 Å². The molecule has 5 heteroatoms. The van der Waals surface area contributed by atoms with E-state index in [1.807, 2.05) is 109 Å². The molecule has 206 valence electrons. The maximum Gasteiger partial charge on any atom is 0.268 e. The molecule has 0 bridgehead atoms. The fourth-order valence-corrected chi connectivity index (χ4v) is 6.36. The molecule has 0 spiro atoms. The molecular weight excluding hydrogens is 542 g/mol. The van der Waals surface area contributed by atoms with E-state index in [0.29, 0.717) is 28.2 Å². The van der Waals surface area contributed by atoms with Crippen LogP contribution in [0.2, 0.25) is 0 Å². The van der Waals surface area contributed by atoms with Crippen LogP contribution < -0.4 is 4.90 Å². The second-order valence-corrected chi connectivity index (χ2v) is 10.8. The van der Waals surface area contributed by atoms with Gasteiger partial charge in [-0.15, -0.1) is 0 Å². The lowest BCUT2D eigenvalue weighted by atomic mass is 10.0. The van der Waals surface area contributed by atoms with Crippen LogP contribution in [0.1, 0.15) is 20.7 Å². The lowest BCUT2D eigenvalue weighted by Crippen LogP contribution is -2.29. The number of imide groups is 1. The summed E-state index contributed by atoms with van der Waals surface area (Å²) in [6.07, 6.45) is 0. The maximum absolute atomic E-state index is 14.3. The number of hydrogen-bond donors (Lipinski definition) is 0. The Kier molecular flexibility index (Phi) is 5.75. The number of anilines is 1. The van der Waals surface area contributed by atoms with E-state index >= 15 is 0 Å². The minimum atomic E-state index is -0.351. The first-order valence-electron chi connectivity index (χ1n) is 14.3. The van der Waals surface area contributed by atoms with Gasteiger partial charge in [-0.2, -0.15) is 0 Å². The maximum atomic E-state index is 14.3. The molecule has 2 heterocycles. The van der Waals surface area contributed by atoms with E-state index < -0.39 is 0 Å². The fraction of sp³-hybridized carbons (Fsp3) is 0. The first kappa shape index (κ1) is 25.5. The summed E-state index contributed by atoms with van der Waals surface area (Å²) < 4.78 is 2.11. The van der Waals surface area contributed by atoms with Crippen molar-refractivity contribution in [2.45, 2.75) is 0 Å². The third-order valence-electron chi connectivity index (χ3n) is 8.35. The number of aromatic nitrogens is 1. The van der Waals surface area contributed by atoms with Crippen LogP contribution in [0.25, 0.3) is 54.6 Å². The second-order valence-electron chi connectivity index (χ2n) is 10.8. The van der Waals surface area contributed by atoms with Crippen molar-refractivity contribution in [1.29, 1.82) is 0 Å². The standard InChI is InChI=1S/C39H23N3O2/c1-40-28-22-20-26(21-23-28)30-15-8-16-32-31-14-5-6-18-34(31)42(37(30)32)35-19-9-17-33-36(35)39(44)41(38(33)43)29-13-7-12-27(24-29)25-10-3-2-4-11-25/h2-24H. The van der Waals surface area contributed by atoms with E-state index in [0.717, 1.165) is 44.1 Å². The van der Waals surface area contributed by atoms with Gasteiger partial charge in [-0.25, -0.2) is 9.74 Å². The fourth-order valence-electron chi connectivity index (χ4n) is 6.36. The van der Waals surface area contributed by atoms with Gasteiger partial charge < -0.3 is 4.57 Å². The summed E-state index contributed by atoms with van der Waals surface area (Å²) in [5, 5.41) is 2.08. The normalized spacial score (nSPS) is 12.6. The molecule has 0 saturated carbocycles. The first-order chi connectivity index (χ1) is 21.6. The minimum absolute atomic E-state index is 0.340. The highest BCUT2D eigenvalue weighted by Gasteiger charge is 2.39. The van der Waals surface area contributed by atoms with Gasteiger partial charge >= 0.3 is 0 Å². The number of para-hydroxylation sites is 2. The molecule has 0 unspecified atom stereocenters. The molecule has 1 aliphatic heterocycles. The number of carbonyl (C=O) groups is 2. The van der Waals surface area contributed by atoms with Crippen LogP contribution in [0.15, 0.2) is 140 Å². The molecule has 2 amide bonds. The molecule has 0 aliphatic carbocycles. The van der Waals surface area contributed by atoms with Crippen LogP contribution in [-0.4, -0.2) is 16.4 Å². The zero-order valence-corrected chi connectivity index (χ0v) is 23.4. The third-order valence-corrected chi connectivity index (χ3v) is 8.35. The minimum Gasteiger partial charge on any atom is -0.308 e. The number of fused-ring (bicyclic) bond motifs is 4. The Morgan fingerprint density at radius 1 is 0.545 bits per heavy atom. The van der Waals surface area contributed by atoms with Gasteiger partial charge in [-0.1, -0.05) is 109 Å². The van der Waals surface area contributed by atoms with Gasteiger partial charge in [0.1, 0.15) is 0 Å². The average Bonchev–Trinajstić information content (AvgIpc) is 3.56. The molecule has 0 radical (unpaired) electrons. The van der Waals surface area contributed by atoms with Crippen LogP contribution in [0.4, 0.5) is 11.4 Å². The van der Waals surface area contributed by atoms with Gasteiger partial charge in [-0.3, -0.25) is 9.59 Å². The van der Waals surface area contributed by atoms with E-state index in [4.69, 9.17) is 6.57 Å². The summed E-state index contributed by atoms with van der Waals surface area (Å²) in [6.45, 7) is 7.37. The van der Waals surface area contributed by atoms with Gasteiger partial charge in [0.05, 0.1) is 40.1 Å². The Hall–Kier alpha value is -6.25. The SMILES string of the molecule is [C-]#[N+]c1ccc(-c2cccc3c4ccccc4n(-c4cccc5c4C(=O)N(c4cccc(-c6ccccc6)c4)C5=O)c23)cc1. The Bertz CT molecular complexity index is 2330. The summed E-state index contributed by atoms with van der Waals surface area (Å²) in [5.41, 5.74) is 8.25. The second kappa shape index (κ2) is 9.94. The van der Waals surface area contributed by atoms with E-state index in [2.05, 4.69) is 27.6 Å². The molecule has 6 aromatic carbocycles. The summed E-state index contributed by atoms with van der Waals surface area (Å²) in [7, 11) is 0. The van der Waals surface area contributed by atoms with Crippen molar-refractivity contribution >= 4 is 45.0 Å². The van der Waals surface area contributed by atoms with Crippen molar-refractivity contribution in [1.82, 2.24) is 4.57 Å². The van der Waals surface area contributed by atoms with Gasteiger partial charge in [-0.05, 0) is 47.0 Å². The molecule has 1 aliphatic rings. The van der Waals surface area contributed by atoms with E-state index in [1.165, 1.54) is 4.90 Å². The van der Waals surface area contributed by atoms with E-state index in [9.17, 15) is 9.59 Å². The highest BCUT2D eigenvalue weighted by molar-refractivity contribution is 6.36. The number of benzene rings is 6. The Morgan fingerprint density at radius 3 is 2.05 bits per heavy atom. The van der Waals surface area contributed by atoms with Crippen molar-refractivity contribution in [3.63, 3.8) is 0 Å². The topological polar surface area (TPSA) is 46.7 Å². The van der Waals surface area contributed by atoms with Crippen LogP contribution in [0.5, 0.6) is 0 Å². The van der Waals surface area contributed by atoms with Crippen LogP contribution >= 0.6 is 0 Å². The number of carbonyl (C=O) groups excluding carboxylic acids is 2. The Morgan fingerprint density at radius 2 is 1.23 bits per heavy atom. The molecule has 7 aromatic rings. The quantitative estimate of drug-likeness (QED) is 0.158. The van der Waals surface area contributed by atoms with Crippen LogP contribution in [0, 0.1) is 6.57 Å². The Labute approximate surface area is 253 Å². The van der Waals surface area contributed by atoms with Gasteiger partial charge in [0.25, 0.3) is 11.8 Å². The number of rotatable bonds is 4. The lowest BCUT2D eigenvalue weighted by Gasteiger charge is -2.16. The van der Waals surface area contributed by atoms with Crippen molar-refractivity contribution in [2.75, 3.05) is 4.90 Å². The highest BCUT2D eigenvalue weighted by Crippen LogP contribution is 2.41. The molecule has 1 aromatic heterocycles. The van der Waals surface area contributed by atoms with Gasteiger partial charge in [0.15, 0.2) is 5.69 Å². The molecule has 0 fully saturated rings. The smallest absolute Gasteiger partial charge is 0.268 e. The monoisotopic (exact) mass is 565 g/mol. The molecule has 44 heavy (non-hydrogen) atoms. The van der Waals surface area contributed by atoms with E-state index in [1.54, 1.807) is 12.1 Å². The molecule has 0 saturated heterocycles. The zero-order chi connectivity index (χ0) is 29.8. The van der Waals surface area contributed by atoms with Crippen LogP contribution in [0.3, 0.4) is 0 Å². The third kappa shape index (κ3) is 3.79. The largest absolute Gasteiger partial charge is 0.308 e. The lowest BCUT2D eigenvalue weighted by molar-refractivity contribution is 0.0926. The van der Waals surface area contributed by atoms with Crippen molar-refractivity contribution < 1.29 is 9.59 Å². The first-order valence-corrected chi connectivity index (χ1v) is 14.3. The summed E-state index contributed by atoms with van der Waals surface area (Å²) in [5.74, 6) is -0.691. The van der Waals surface area contributed by atoms with Crippen molar-refractivity contribution in [3.05, 3.63) is 162 Å². The Balaban J connectivity index is 1.35. The summed E-state index contributed by atoms with van der Waals surface area (Å²) in [4.78, 5) is 33.1. The molecule has 0 atom stereocenters. The molecule has 8 rings (SSSR count). The van der Waals surface area contributed by atoms with Crippen molar-refractivity contribution in [2.24, 2.45) is 0 Å². The molecule has 0 N–H and O–H groups in total. The molecule has 5 nitrogen and oxygen atoms in total. The highest BCUT2D eigenvalue weighted by atomic mass is 16.2. The number of nitrogens with zero attached hydrogens (tertiary/aromatic N) is 3. The number of amides is 2. The predicted octanol–water partition coefficient (Wildman–Crippen LogP) is 9.47.